The van der Waals surface area contributed by atoms with Gasteiger partial charge in [0.15, 0.2) is 0 Å². The third kappa shape index (κ3) is 7.53. The van der Waals surface area contributed by atoms with Gasteiger partial charge in [0, 0.05) is 12.6 Å². The minimum Gasteiger partial charge on any atom is -0.378 e. The summed E-state index contributed by atoms with van der Waals surface area (Å²) in [5, 5.41) is 3.26. The van der Waals surface area contributed by atoms with E-state index in [2.05, 4.69) is 26.1 Å². The summed E-state index contributed by atoms with van der Waals surface area (Å²) in [5.41, 5.74) is 4.88. The molecule has 0 heterocycles. The molecule has 0 saturated heterocycles. The van der Waals surface area contributed by atoms with Crippen LogP contribution in [0.3, 0.4) is 0 Å². The van der Waals surface area contributed by atoms with Gasteiger partial charge < -0.3 is 15.8 Å². The van der Waals surface area contributed by atoms with E-state index in [9.17, 15) is 4.79 Å². The van der Waals surface area contributed by atoms with Gasteiger partial charge in [-0.15, -0.1) is 0 Å². The van der Waals surface area contributed by atoms with Gasteiger partial charge in [-0.1, -0.05) is 13.8 Å². The highest BCUT2D eigenvalue weighted by Crippen LogP contribution is 2.15. The van der Waals surface area contributed by atoms with Crippen molar-refractivity contribution in [3.63, 3.8) is 0 Å². The van der Waals surface area contributed by atoms with Crippen molar-refractivity contribution in [2.45, 2.75) is 78.5 Å². The van der Waals surface area contributed by atoms with Crippen LogP contribution in [0.15, 0.2) is 0 Å². The van der Waals surface area contributed by atoms with Crippen molar-refractivity contribution in [1.82, 2.24) is 5.32 Å². The Morgan fingerprint density at radius 1 is 1.21 bits per heavy atom. The van der Waals surface area contributed by atoms with Gasteiger partial charge in [-0.05, 0) is 52.9 Å². The topological polar surface area (TPSA) is 64.3 Å². The lowest BCUT2D eigenvalue weighted by molar-refractivity contribution is -0.124. The van der Waals surface area contributed by atoms with Gasteiger partial charge in [0.2, 0.25) is 5.91 Å². The highest BCUT2D eigenvalue weighted by molar-refractivity contribution is 5.84. The first-order chi connectivity index (χ1) is 8.69. The van der Waals surface area contributed by atoms with Crippen LogP contribution in [0, 0.1) is 5.92 Å². The lowest BCUT2D eigenvalue weighted by Crippen LogP contribution is -2.55. The Hall–Kier alpha value is -0.610. The van der Waals surface area contributed by atoms with E-state index in [1.54, 1.807) is 0 Å². The number of hydrogen-bond acceptors (Lipinski definition) is 3. The van der Waals surface area contributed by atoms with Gasteiger partial charge in [0.25, 0.3) is 0 Å². The Balaban J connectivity index is 3.98. The lowest BCUT2D eigenvalue weighted by atomic mass is 9.93. The maximum absolute atomic E-state index is 11.5. The maximum Gasteiger partial charge on any atom is 0.237 e. The maximum atomic E-state index is 11.5. The summed E-state index contributed by atoms with van der Waals surface area (Å²) in [5.74, 6) is 0.260. The van der Waals surface area contributed by atoms with Crippen molar-refractivity contribution in [3.8, 4) is 0 Å². The predicted octanol–water partition coefficient (Wildman–Crippen LogP) is 2.46. The zero-order valence-corrected chi connectivity index (χ0v) is 13.5. The first-order valence-electron chi connectivity index (χ1n) is 7.38. The number of nitrogens with two attached hydrogens (primary N) is 1. The molecule has 0 aromatic rings. The van der Waals surface area contributed by atoms with Crippen LogP contribution in [-0.2, 0) is 9.53 Å². The quantitative estimate of drug-likeness (QED) is 0.600. The van der Waals surface area contributed by atoms with Gasteiger partial charge in [-0.25, -0.2) is 0 Å². The van der Waals surface area contributed by atoms with Crippen LogP contribution in [0.5, 0.6) is 0 Å². The van der Waals surface area contributed by atoms with E-state index in [0.29, 0.717) is 5.92 Å². The zero-order chi connectivity index (χ0) is 15.1. The molecule has 2 atom stereocenters. The van der Waals surface area contributed by atoms with E-state index in [1.807, 2.05) is 20.8 Å². The summed E-state index contributed by atoms with van der Waals surface area (Å²) in [6.45, 7) is 13.1. The first kappa shape index (κ1) is 18.4. The number of primary amides is 1. The second kappa shape index (κ2) is 8.54. The SMILES string of the molecule is CC(C)NC(C)(CCCCOC(C)C(C)C)C(N)=O. The Labute approximate surface area is 118 Å². The predicted molar refractivity (Wildman–Crippen MR) is 80.0 cm³/mol. The minimum absolute atomic E-state index is 0.245. The molecule has 2 unspecified atom stereocenters. The summed E-state index contributed by atoms with van der Waals surface area (Å²) in [6, 6.07) is 0.245. The van der Waals surface area contributed by atoms with Crippen LogP contribution in [-0.4, -0.2) is 30.2 Å². The Kier molecular flexibility index (Phi) is 8.26. The molecule has 0 aromatic carbocycles. The van der Waals surface area contributed by atoms with Gasteiger partial charge in [0.05, 0.1) is 11.6 Å². The highest BCUT2D eigenvalue weighted by Gasteiger charge is 2.30. The molecule has 114 valence electrons. The molecule has 0 radical (unpaired) electrons. The van der Waals surface area contributed by atoms with E-state index in [4.69, 9.17) is 10.5 Å². The summed E-state index contributed by atoms with van der Waals surface area (Å²) < 4.78 is 5.72. The monoisotopic (exact) mass is 272 g/mol. The average molecular weight is 272 g/mol. The number of carbonyl (C=O) groups is 1. The molecule has 0 aromatic heterocycles. The molecule has 3 N–H and O–H groups in total. The van der Waals surface area contributed by atoms with Crippen molar-refractivity contribution in [3.05, 3.63) is 0 Å². The van der Waals surface area contributed by atoms with E-state index < -0.39 is 5.54 Å². The zero-order valence-electron chi connectivity index (χ0n) is 13.5. The molecule has 1 amide bonds. The molecule has 19 heavy (non-hydrogen) atoms. The number of unbranched alkanes of at least 4 members (excludes halogenated alkanes) is 1. The first-order valence-corrected chi connectivity index (χ1v) is 7.38. The highest BCUT2D eigenvalue weighted by atomic mass is 16.5. The summed E-state index contributed by atoms with van der Waals surface area (Å²) in [4.78, 5) is 11.5. The van der Waals surface area contributed by atoms with Crippen LogP contribution in [0.25, 0.3) is 0 Å². The fourth-order valence-corrected chi connectivity index (χ4v) is 1.95. The Bertz CT molecular complexity index is 267. The standard InChI is InChI=1S/C15H32N2O2/c1-11(2)13(5)19-10-8-7-9-15(6,14(16)18)17-12(3)4/h11-13,17H,7-10H2,1-6H3,(H2,16,18). The van der Waals surface area contributed by atoms with Crippen molar-refractivity contribution in [2.24, 2.45) is 11.7 Å². The summed E-state index contributed by atoms with van der Waals surface area (Å²) in [7, 11) is 0. The van der Waals surface area contributed by atoms with E-state index in [0.717, 1.165) is 25.9 Å². The van der Waals surface area contributed by atoms with E-state index in [1.165, 1.54) is 0 Å². The number of ether oxygens (including phenoxy) is 1. The number of rotatable bonds is 10. The van der Waals surface area contributed by atoms with E-state index >= 15 is 0 Å². The summed E-state index contributed by atoms with van der Waals surface area (Å²) in [6.07, 6.45) is 2.93. The van der Waals surface area contributed by atoms with Gasteiger partial charge in [-0.2, -0.15) is 0 Å². The molecule has 4 heteroatoms. The summed E-state index contributed by atoms with van der Waals surface area (Å²) >= 11 is 0. The molecule has 4 nitrogen and oxygen atoms in total. The third-order valence-electron chi connectivity index (χ3n) is 3.54. The minimum atomic E-state index is -0.613. The molecule has 0 aliphatic carbocycles. The lowest BCUT2D eigenvalue weighted by Gasteiger charge is -2.30. The van der Waals surface area contributed by atoms with Crippen LogP contribution in [0.4, 0.5) is 0 Å². The van der Waals surface area contributed by atoms with Gasteiger partial charge in [-0.3, -0.25) is 4.79 Å². The molecule has 0 bridgehead atoms. The number of amides is 1. The van der Waals surface area contributed by atoms with Crippen molar-refractivity contribution < 1.29 is 9.53 Å². The van der Waals surface area contributed by atoms with Gasteiger partial charge >= 0.3 is 0 Å². The molecule has 0 rings (SSSR count). The fraction of sp³-hybridized carbons (Fsp3) is 0.933. The molecular weight excluding hydrogens is 240 g/mol. The molecular formula is C15H32N2O2. The molecule has 0 fully saturated rings. The van der Waals surface area contributed by atoms with Gasteiger partial charge in [0.1, 0.15) is 0 Å². The van der Waals surface area contributed by atoms with Crippen LogP contribution >= 0.6 is 0 Å². The largest absolute Gasteiger partial charge is 0.378 e. The van der Waals surface area contributed by atoms with Crippen LogP contribution in [0.1, 0.15) is 60.8 Å². The second-order valence-corrected chi connectivity index (χ2v) is 6.27. The molecule has 0 spiro atoms. The molecule has 0 aliphatic rings. The third-order valence-corrected chi connectivity index (χ3v) is 3.54. The molecule has 0 saturated carbocycles. The average Bonchev–Trinajstić information content (AvgIpc) is 2.26. The van der Waals surface area contributed by atoms with E-state index in [-0.39, 0.29) is 18.1 Å². The second-order valence-electron chi connectivity index (χ2n) is 6.27. The van der Waals surface area contributed by atoms with Crippen LogP contribution in [0.2, 0.25) is 0 Å². The number of nitrogens with one attached hydrogen (secondary N) is 1. The van der Waals surface area contributed by atoms with Crippen molar-refractivity contribution in [1.29, 1.82) is 0 Å². The number of hydrogen-bond donors (Lipinski definition) is 2. The van der Waals surface area contributed by atoms with Crippen LogP contribution < -0.4 is 11.1 Å². The Morgan fingerprint density at radius 3 is 2.21 bits per heavy atom. The fourth-order valence-electron chi connectivity index (χ4n) is 1.95. The van der Waals surface area contributed by atoms with Crippen molar-refractivity contribution in [2.75, 3.05) is 6.61 Å². The molecule has 0 aliphatic heterocycles. The smallest absolute Gasteiger partial charge is 0.237 e. The number of carbonyl (C=O) groups excluding carboxylic acids is 1. The Morgan fingerprint density at radius 2 is 1.79 bits per heavy atom. The normalized spacial score (nSPS) is 16.6. The van der Waals surface area contributed by atoms with Crippen molar-refractivity contribution >= 4 is 5.91 Å².